The Morgan fingerprint density at radius 2 is 2.19 bits per heavy atom. The van der Waals surface area contributed by atoms with Gasteiger partial charge in [-0.15, -0.1) is 0 Å². The van der Waals surface area contributed by atoms with E-state index in [9.17, 15) is 8.42 Å². The first kappa shape index (κ1) is 13.9. The van der Waals surface area contributed by atoms with Crippen LogP contribution in [0.25, 0.3) is 0 Å². The van der Waals surface area contributed by atoms with E-state index >= 15 is 0 Å². The van der Waals surface area contributed by atoms with E-state index in [1.165, 1.54) is 12.8 Å². The molecule has 0 bridgehead atoms. The highest BCUT2D eigenvalue weighted by Gasteiger charge is 2.20. The number of nitrogens with two attached hydrogens (primary N) is 1. The van der Waals surface area contributed by atoms with Crippen LogP contribution in [0.5, 0.6) is 0 Å². The third-order valence-corrected chi connectivity index (χ3v) is 5.02. The molecule has 1 saturated heterocycles. The number of piperidine rings is 1. The van der Waals surface area contributed by atoms with E-state index in [4.69, 9.17) is 5.73 Å². The fourth-order valence-corrected chi connectivity index (χ4v) is 3.06. The molecule has 16 heavy (non-hydrogen) atoms. The molecular weight excluding hydrogens is 224 g/mol. The van der Waals surface area contributed by atoms with E-state index in [1.54, 1.807) is 6.92 Å². The Kier molecular flexibility index (Phi) is 5.72. The number of rotatable bonds is 6. The van der Waals surface area contributed by atoms with Gasteiger partial charge in [0.15, 0.2) is 9.84 Å². The quantitative estimate of drug-likeness (QED) is 0.743. The summed E-state index contributed by atoms with van der Waals surface area (Å²) in [5.41, 5.74) is 5.56. The van der Waals surface area contributed by atoms with Gasteiger partial charge in [-0.1, -0.05) is 6.92 Å². The molecule has 0 saturated carbocycles. The molecule has 1 rings (SSSR count). The van der Waals surface area contributed by atoms with Gasteiger partial charge in [-0.2, -0.15) is 0 Å². The largest absolute Gasteiger partial charge is 0.330 e. The van der Waals surface area contributed by atoms with Gasteiger partial charge in [0.1, 0.15) is 0 Å². The lowest BCUT2D eigenvalue weighted by Crippen LogP contribution is -2.39. The van der Waals surface area contributed by atoms with Gasteiger partial charge in [0.05, 0.1) is 5.75 Å². The average molecular weight is 248 g/mol. The molecule has 96 valence electrons. The number of nitrogens with zero attached hydrogens (tertiary/aromatic N) is 1. The van der Waals surface area contributed by atoms with Crippen LogP contribution in [0.15, 0.2) is 0 Å². The number of hydrogen-bond donors (Lipinski definition) is 1. The van der Waals surface area contributed by atoms with E-state index < -0.39 is 9.84 Å². The smallest absolute Gasteiger partial charge is 0.151 e. The summed E-state index contributed by atoms with van der Waals surface area (Å²) in [6.07, 6.45) is 3.49. The first-order chi connectivity index (χ1) is 7.57. The SMILES string of the molecule is CCS(=O)(=O)CCN1CCCC(CCN)C1. The molecule has 0 aromatic carbocycles. The Morgan fingerprint density at radius 3 is 2.81 bits per heavy atom. The maximum absolute atomic E-state index is 11.4. The normalized spacial score (nSPS) is 23.5. The van der Waals surface area contributed by atoms with Crippen LogP contribution in [-0.2, 0) is 9.84 Å². The fourth-order valence-electron chi connectivity index (χ4n) is 2.24. The van der Waals surface area contributed by atoms with Crippen LogP contribution in [0, 0.1) is 5.92 Å². The van der Waals surface area contributed by atoms with E-state index in [0.29, 0.717) is 18.2 Å². The molecule has 1 fully saturated rings. The van der Waals surface area contributed by atoms with Crippen molar-refractivity contribution in [1.82, 2.24) is 4.90 Å². The Hall–Kier alpha value is -0.130. The second kappa shape index (κ2) is 6.57. The minimum absolute atomic E-state index is 0.257. The van der Waals surface area contributed by atoms with Crippen LogP contribution < -0.4 is 5.73 Å². The molecule has 0 radical (unpaired) electrons. The van der Waals surface area contributed by atoms with Crippen molar-refractivity contribution in [3.63, 3.8) is 0 Å². The lowest BCUT2D eigenvalue weighted by molar-refractivity contribution is 0.178. The van der Waals surface area contributed by atoms with Crippen LogP contribution >= 0.6 is 0 Å². The zero-order valence-electron chi connectivity index (χ0n) is 10.2. The second-order valence-electron chi connectivity index (χ2n) is 4.62. The van der Waals surface area contributed by atoms with Crippen LogP contribution in [0.2, 0.25) is 0 Å². The predicted molar refractivity (Wildman–Crippen MR) is 67.2 cm³/mol. The summed E-state index contributed by atoms with van der Waals surface area (Å²) in [6.45, 7) is 5.21. The predicted octanol–water partition coefficient (Wildman–Crippen LogP) is 0.482. The zero-order chi connectivity index (χ0) is 12.0. The minimum atomic E-state index is -2.81. The van der Waals surface area contributed by atoms with Crippen molar-refractivity contribution in [2.75, 3.05) is 37.7 Å². The van der Waals surface area contributed by atoms with Crippen LogP contribution in [0.1, 0.15) is 26.2 Å². The average Bonchev–Trinajstić information content (AvgIpc) is 2.28. The van der Waals surface area contributed by atoms with E-state index in [2.05, 4.69) is 4.90 Å². The second-order valence-corrected chi connectivity index (χ2v) is 7.10. The highest BCUT2D eigenvalue weighted by Crippen LogP contribution is 2.18. The first-order valence-corrected chi connectivity index (χ1v) is 8.02. The summed E-state index contributed by atoms with van der Waals surface area (Å²) >= 11 is 0. The van der Waals surface area contributed by atoms with E-state index in [1.807, 2.05) is 0 Å². The summed E-state index contributed by atoms with van der Waals surface area (Å²) in [5, 5.41) is 0. The molecule has 0 aromatic heterocycles. The van der Waals surface area contributed by atoms with Gasteiger partial charge in [0.25, 0.3) is 0 Å². The molecule has 1 aliphatic rings. The van der Waals surface area contributed by atoms with Gasteiger partial charge in [-0.3, -0.25) is 0 Å². The van der Waals surface area contributed by atoms with Gasteiger partial charge >= 0.3 is 0 Å². The number of sulfone groups is 1. The maximum Gasteiger partial charge on any atom is 0.151 e. The molecule has 1 atom stereocenters. The van der Waals surface area contributed by atoms with Gasteiger partial charge in [0.2, 0.25) is 0 Å². The fraction of sp³-hybridized carbons (Fsp3) is 1.00. The molecule has 0 spiro atoms. The van der Waals surface area contributed by atoms with Gasteiger partial charge < -0.3 is 10.6 Å². The molecule has 5 heteroatoms. The topological polar surface area (TPSA) is 63.4 Å². The number of hydrogen-bond acceptors (Lipinski definition) is 4. The lowest BCUT2D eigenvalue weighted by Gasteiger charge is -2.32. The Morgan fingerprint density at radius 1 is 1.44 bits per heavy atom. The Labute approximate surface area is 99.1 Å². The van der Waals surface area contributed by atoms with Gasteiger partial charge in [-0.05, 0) is 38.3 Å². The highest BCUT2D eigenvalue weighted by molar-refractivity contribution is 7.91. The van der Waals surface area contributed by atoms with Crippen molar-refractivity contribution < 1.29 is 8.42 Å². The van der Waals surface area contributed by atoms with Gasteiger partial charge in [0, 0.05) is 18.8 Å². The monoisotopic (exact) mass is 248 g/mol. The highest BCUT2D eigenvalue weighted by atomic mass is 32.2. The molecule has 4 nitrogen and oxygen atoms in total. The van der Waals surface area contributed by atoms with Gasteiger partial charge in [-0.25, -0.2) is 8.42 Å². The summed E-state index contributed by atoms with van der Waals surface area (Å²) in [4.78, 5) is 2.27. The van der Waals surface area contributed by atoms with Crippen molar-refractivity contribution in [3.8, 4) is 0 Å². The molecule has 0 aliphatic carbocycles. The van der Waals surface area contributed by atoms with E-state index in [-0.39, 0.29) is 5.75 Å². The van der Waals surface area contributed by atoms with Crippen molar-refractivity contribution in [2.45, 2.75) is 26.2 Å². The summed E-state index contributed by atoms with van der Waals surface area (Å²) in [5.74, 6) is 1.23. The maximum atomic E-state index is 11.4. The van der Waals surface area contributed by atoms with Crippen molar-refractivity contribution >= 4 is 9.84 Å². The number of likely N-dealkylation sites (tertiary alicyclic amines) is 1. The molecule has 1 heterocycles. The standard InChI is InChI=1S/C11H24N2O2S/c1-2-16(14,15)9-8-13-7-3-4-11(10-13)5-6-12/h11H,2-10,12H2,1H3. The van der Waals surface area contributed by atoms with Crippen LogP contribution in [0.3, 0.4) is 0 Å². The molecule has 0 aromatic rings. The third-order valence-electron chi connectivity index (χ3n) is 3.34. The van der Waals surface area contributed by atoms with Crippen LogP contribution in [-0.4, -0.2) is 51.0 Å². The zero-order valence-corrected chi connectivity index (χ0v) is 11.0. The molecule has 0 amide bonds. The van der Waals surface area contributed by atoms with Crippen molar-refractivity contribution in [2.24, 2.45) is 11.7 Å². The van der Waals surface area contributed by atoms with E-state index in [0.717, 1.165) is 26.1 Å². The van der Waals surface area contributed by atoms with Crippen molar-refractivity contribution in [1.29, 1.82) is 0 Å². The summed E-state index contributed by atoms with van der Waals surface area (Å²) < 4.78 is 22.8. The summed E-state index contributed by atoms with van der Waals surface area (Å²) in [6, 6.07) is 0. The third kappa shape index (κ3) is 4.80. The summed E-state index contributed by atoms with van der Waals surface area (Å²) in [7, 11) is -2.81. The molecule has 1 aliphatic heterocycles. The molecule has 1 unspecified atom stereocenters. The lowest BCUT2D eigenvalue weighted by atomic mass is 9.95. The van der Waals surface area contributed by atoms with Crippen molar-refractivity contribution in [3.05, 3.63) is 0 Å². The first-order valence-electron chi connectivity index (χ1n) is 6.20. The molecule has 2 N–H and O–H groups in total. The Bertz CT molecular complexity index is 288. The van der Waals surface area contributed by atoms with Crippen LogP contribution in [0.4, 0.5) is 0 Å². The Balaban J connectivity index is 2.32. The molecular formula is C11H24N2O2S. The minimum Gasteiger partial charge on any atom is -0.330 e.